The zero-order valence-electron chi connectivity index (χ0n) is 26.0. The van der Waals surface area contributed by atoms with Gasteiger partial charge in [-0.2, -0.15) is 4.39 Å². The molecule has 0 bridgehead atoms. The summed E-state index contributed by atoms with van der Waals surface area (Å²) >= 11 is 0. The first-order valence-electron chi connectivity index (χ1n) is 16.6. The minimum Gasteiger partial charge on any atom is -0.490 e. The Morgan fingerprint density at radius 3 is 2.19 bits per heavy atom. The van der Waals surface area contributed by atoms with Gasteiger partial charge in [0.15, 0.2) is 11.6 Å². The van der Waals surface area contributed by atoms with Crippen LogP contribution in [0.2, 0.25) is 0 Å². The normalized spacial score (nSPS) is 17.0. The van der Waals surface area contributed by atoms with Crippen molar-refractivity contribution in [1.82, 2.24) is 0 Å². The molecule has 1 fully saturated rings. The lowest BCUT2D eigenvalue weighted by molar-refractivity contribution is 0.0728. The Morgan fingerprint density at radius 1 is 0.810 bits per heavy atom. The van der Waals surface area contributed by atoms with Crippen molar-refractivity contribution < 1.29 is 23.0 Å². The summed E-state index contributed by atoms with van der Waals surface area (Å²) < 4.78 is 40.0. The van der Waals surface area contributed by atoms with E-state index >= 15 is 0 Å². The smallest absolute Gasteiger partial charge is 0.346 e. The van der Waals surface area contributed by atoms with Crippen LogP contribution in [0.3, 0.4) is 0 Å². The number of carbonyl (C=O) groups is 1. The highest BCUT2D eigenvalue weighted by Crippen LogP contribution is 2.33. The van der Waals surface area contributed by atoms with Crippen molar-refractivity contribution in [1.29, 1.82) is 0 Å². The zero-order valence-corrected chi connectivity index (χ0v) is 26.0. The van der Waals surface area contributed by atoms with Crippen LogP contribution in [0.4, 0.5) is 8.78 Å². The maximum absolute atomic E-state index is 14.7. The van der Waals surface area contributed by atoms with Crippen molar-refractivity contribution in [2.45, 2.75) is 123 Å². The van der Waals surface area contributed by atoms with E-state index in [0.717, 1.165) is 43.6 Å². The molecule has 0 amide bonds. The molecule has 232 valence electrons. The van der Waals surface area contributed by atoms with E-state index in [1.54, 1.807) is 12.1 Å². The number of benzene rings is 2. The van der Waals surface area contributed by atoms with Crippen LogP contribution in [0.1, 0.15) is 133 Å². The maximum Gasteiger partial charge on any atom is 0.346 e. The largest absolute Gasteiger partial charge is 0.490 e. The number of esters is 1. The minimum atomic E-state index is -1.24. The summed E-state index contributed by atoms with van der Waals surface area (Å²) in [6, 6.07) is 9.74. The molecule has 0 radical (unpaired) electrons. The van der Waals surface area contributed by atoms with Gasteiger partial charge in [0.05, 0.1) is 12.2 Å². The van der Waals surface area contributed by atoms with E-state index in [2.05, 4.69) is 26.0 Å². The third-order valence-corrected chi connectivity index (χ3v) is 8.52. The van der Waals surface area contributed by atoms with Crippen LogP contribution >= 0.6 is 0 Å². The Balaban J connectivity index is 1.37. The number of allylic oxidation sites excluding steroid dienone is 2. The Bertz CT molecular complexity index is 1070. The fraction of sp³-hybridized carbons (Fsp3) is 0.595. The number of hydrogen-bond donors (Lipinski definition) is 0. The minimum absolute atomic E-state index is 0.177. The first kappa shape index (κ1) is 33.8. The van der Waals surface area contributed by atoms with E-state index in [1.807, 2.05) is 12.1 Å². The van der Waals surface area contributed by atoms with Gasteiger partial charge in [-0.25, -0.2) is 9.18 Å². The fourth-order valence-electron chi connectivity index (χ4n) is 5.82. The number of rotatable bonds is 19. The Morgan fingerprint density at radius 2 is 1.48 bits per heavy atom. The molecule has 2 aromatic carbocycles. The molecule has 1 aliphatic rings. The Hall–Kier alpha value is -2.69. The second-order valence-corrected chi connectivity index (χ2v) is 12.0. The van der Waals surface area contributed by atoms with Gasteiger partial charge in [0, 0.05) is 0 Å². The van der Waals surface area contributed by atoms with Crippen LogP contribution in [0.25, 0.3) is 0 Å². The number of carbonyl (C=O) groups excluding carboxylic acids is 1. The summed E-state index contributed by atoms with van der Waals surface area (Å²) in [5.41, 5.74) is 0.693. The molecule has 0 aromatic heterocycles. The molecule has 1 aliphatic carbocycles. The Kier molecular flexibility index (Phi) is 15.7. The average Bonchev–Trinajstić information content (AvgIpc) is 3.00. The molecule has 0 aliphatic heterocycles. The maximum atomic E-state index is 14.7. The molecule has 3 rings (SSSR count). The second kappa shape index (κ2) is 19.5. The topological polar surface area (TPSA) is 35.5 Å². The van der Waals surface area contributed by atoms with Crippen LogP contribution in [-0.4, -0.2) is 12.6 Å². The zero-order chi connectivity index (χ0) is 30.0. The predicted octanol–water partition coefficient (Wildman–Crippen LogP) is 11.2. The van der Waals surface area contributed by atoms with Crippen LogP contribution < -0.4 is 9.47 Å². The number of halogens is 2. The van der Waals surface area contributed by atoms with Crippen molar-refractivity contribution in [3.8, 4) is 11.5 Å². The van der Waals surface area contributed by atoms with Gasteiger partial charge in [0.25, 0.3) is 0 Å². The molecule has 0 saturated heterocycles. The lowest BCUT2D eigenvalue weighted by atomic mass is 9.79. The van der Waals surface area contributed by atoms with E-state index in [-0.39, 0.29) is 5.75 Å². The molecule has 0 atom stereocenters. The van der Waals surface area contributed by atoms with E-state index in [4.69, 9.17) is 9.47 Å². The third kappa shape index (κ3) is 11.9. The molecule has 0 spiro atoms. The summed E-state index contributed by atoms with van der Waals surface area (Å²) in [4.78, 5) is 12.6. The molecule has 3 nitrogen and oxygen atoms in total. The van der Waals surface area contributed by atoms with Gasteiger partial charge >= 0.3 is 5.97 Å². The highest BCUT2D eigenvalue weighted by molar-refractivity contribution is 5.91. The van der Waals surface area contributed by atoms with E-state index in [9.17, 15) is 13.6 Å². The molecule has 0 N–H and O–H groups in total. The van der Waals surface area contributed by atoms with Crippen LogP contribution in [0, 0.1) is 23.5 Å². The molecule has 5 heteroatoms. The van der Waals surface area contributed by atoms with Crippen molar-refractivity contribution in [3.05, 3.63) is 71.3 Å². The first-order valence-corrected chi connectivity index (χ1v) is 16.6. The average molecular weight is 583 g/mol. The quantitative estimate of drug-likeness (QED) is 0.0715. The summed E-state index contributed by atoms with van der Waals surface area (Å²) in [6.07, 6.45) is 25.2. The Labute approximate surface area is 253 Å². The van der Waals surface area contributed by atoms with E-state index in [0.29, 0.717) is 18.3 Å². The summed E-state index contributed by atoms with van der Waals surface area (Å²) in [5, 5.41) is 0. The van der Waals surface area contributed by atoms with E-state index in [1.165, 1.54) is 89.2 Å². The lowest BCUT2D eigenvalue weighted by Gasteiger charge is -2.26. The fourth-order valence-corrected chi connectivity index (χ4v) is 5.82. The molecule has 0 heterocycles. The predicted molar refractivity (Wildman–Crippen MR) is 168 cm³/mol. The SMILES string of the molecule is CCCCCCCCCOc1ccc(C(=O)Oc2ccc(CCC=CC3CCC(CCCCC)CC3)cc2)c(F)c1F. The first-order chi connectivity index (χ1) is 20.5. The van der Waals surface area contributed by atoms with Crippen LogP contribution in [0.15, 0.2) is 48.6 Å². The molecule has 2 aromatic rings. The van der Waals surface area contributed by atoms with Gasteiger partial charge in [-0.15, -0.1) is 0 Å². The highest BCUT2D eigenvalue weighted by atomic mass is 19.2. The van der Waals surface area contributed by atoms with E-state index < -0.39 is 23.2 Å². The third-order valence-electron chi connectivity index (χ3n) is 8.52. The second-order valence-electron chi connectivity index (χ2n) is 12.0. The van der Waals surface area contributed by atoms with Gasteiger partial charge in [-0.05, 0) is 86.6 Å². The molecular weight excluding hydrogens is 530 g/mol. The number of aryl methyl sites for hydroxylation is 1. The lowest BCUT2D eigenvalue weighted by Crippen LogP contribution is -2.13. The number of unbranched alkanes of at least 4 members (excludes halogenated alkanes) is 8. The van der Waals surface area contributed by atoms with Gasteiger partial charge in [-0.3, -0.25) is 0 Å². The highest BCUT2D eigenvalue weighted by Gasteiger charge is 2.21. The molecular formula is C37H52F2O3. The molecule has 1 saturated carbocycles. The summed E-state index contributed by atoms with van der Waals surface area (Å²) in [7, 11) is 0. The van der Waals surface area contributed by atoms with Gasteiger partial charge in [0.2, 0.25) is 5.82 Å². The van der Waals surface area contributed by atoms with Crippen molar-refractivity contribution >= 4 is 5.97 Å². The van der Waals surface area contributed by atoms with Crippen molar-refractivity contribution in [2.75, 3.05) is 6.61 Å². The monoisotopic (exact) mass is 582 g/mol. The van der Waals surface area contributed by atoms with Gasteiger partial charge in [-0.1, -0.05) is 102 Å². The molecule has 0 unspecified atom stereocenters. The summed E-state index contributed by atoms with van der Waals surface area (Å²) in [5.74, 6) is -1.56. The number of ether oxygens (including phenoxy) is 2. The van der Waals surface area contributed by atoms with Crippen LogP contribution in [0.5, 0.6) is 11.5 Å². The number of hydrogen-bond acceptors (Lipinski definition) is 3. The van der Waals surface area contributed by atoms with Gasteiger partial charge in [0.1, 0.15) is 5.75 Å². The van der Waals surface area contributed by atoms with Gasteiger partial charge < -0.3 is 9.47 Å². The summed E-state index contributed by atoms with van der Waals surface area (Å²) in [6.45, 7) is 4.77. The van der Waals surface area contributed by atoms with Crippen molar-refractivity contribution in [3.63, 3.8) is 0 Å². The van der Waals surface area contributed by atoms with Crippen LogP contribution in [-0.2, 0) is 6.42 Å². The molecule has 42 heavy (non-hydrogen) atoms. The standard InChI is InChI=1S/C37H52F2O3/c1-3-5-7-8-9-10-14-28-41-34-27-26-33(35(38)36(34)39)37(40)42-32-24-22-31(23-25-32)17-13-12-16-30-20-18-29(19-21-30)15-11-6-4-2/h12,16,22-27,29-30H,3-11,13-15,17-21,28H2,1-2H3. The van der Waals surface area contributed by atoms with Crippen molar-refractivity contribution in [2.24, 2.45) is 11.8 Å².